The summed E-state index contributed by atoms with van der Waals surface area (Å²) < 4.78 is 0. The van der Waals surface area contributed by atoms with Gasteiger partial charge >= 0.3 is 0 Å². The van der Waals surface area contributed by atoms with Crippen LogP contribution in [0.2, 0.25) is 0 Å². The number of rotatable bonds is 7. The van der Waals surface area contributed by atoms with E-state index >= 15 is 0 Å². The summed E-state index contributed by atoms with van der Waals surface area (Å²) in [5.74, 6) is 1.56. The number of hydrogen-bond donors (Lipinski definition) is 1. The largest absolute Gasteiger partial charge is 0.391 e. The molecule has 0 radical (unpaired) electrons. The van der Waals surface area contributed by atoms with E-state index in [4.69, 9.17) is 0 Å². The van der Waals surface area contributed by atoms with Gasteiger partial charge in [0.1, 0.15) is 0 Å². The molecule has 2 saturated carbocycles. The maximum absolute atomic E-state index is 10.9. The third-order valence-corrected chi connectivity index (χ3v) is 4.15. The Bertz CT molecular complexity index is 496. The Morgan fingerprint density at radius 3 is 2.25 bits per heavy atom. The highest BCUT2D eigenvalue weighted by atomic mass is 16.6. The van der Waals surface area contributed by atoms with Gasteiger partial charge in [0.15, 0.2) is 0 Å². The van der Waals surface area contributed by atoms with E-state index in [-0.39, 0.29) is 12.3 Å². The van der Waals surface area contributed by atoms with Crippen molar-refractivity contribution in [1.29, 1.82) is 0 Å². The molecule has 0 unspecified atom stereocenters. The van der Waals surface area contributed by atoms with Crippen LogP contribution < -0.4 is 4.90 Å². The van der Waals surface area contributed by atoms with Crippen LogP contribution in [-0.2, 0) is 6.61 Å². The lowest BCUT2D eigenvalue weighted by atomic mass is 10.1. The molecule has 2 aliphatic rings. The zero-order valence-electron chi connectivity index (χ0n) is 11.5. The summed E-state index contributed by atoms with van der Waals surface area (Å²) in [5, 5.41) is 20.3. The fourth-order valence-corrected chi connectivity index (χ4v) is 2.58. The Labute approximate surface area is 118 Å². The topological polar surface area (TPSA) is 66.6 Å². The zero-order valence-corrected chi connectivity index (χ0v) is 11.5. The molecule has 2 aliphatic carbocycles. The van der Waals surface area contributed by atoms with Crippen LogP contribution in [0.15, 0.2) is 18.2 Å². The molecule has 5 heteroatoms. The Kier molecular flexibility index (Phi) is 3.61. The fraction of sp³-hybridized carbons (Fsp3) is 0.600. The number of aliphatic hydroxyl groups is 1. The number of anilines is 1. The second kappa shape index (κ2) is 5.40. The van der Waals surface area contributed by atoms with Gasteiger partial charge in [-0.15, -0.1) is 0 Å². The molecule has 1 aromatic rings. The molecule has 0 aromatic heterocycles. The van der Waals surface area contributed by atoms with Crippen LogP contribution in [0.5, 0.6) is 0 Å². The molecular weight excluding hydrogens is 256 g/mol. The number of benzene rings is 1. The van der Waals surface area contributed by atoms with Crippen LogP contribution >= 0.6 is 0 Å². The Hall–Kier alpha value is -1.62. The van der Waals surface area contributed by atoms with E-state index in [1.54, 1.807) is 6.07 Å². The summed E-state index contributed by atoms with van der Waals surface area (Å²) in [4.78, 5) is 12.8. The smallest absolute Gasteiger partial charge is 0.275 e. The van der Waals surface area contributed by atoms with Crippen LogP contribution in [0.25, 0.3) is 0 Å². The van der Waals surface area contributed by atoms with Crippen molar-refractivity contribution in [3.05, 3.63) is 33.9 Å². The average molecular weight is 276 g/mol. The highest BCUT2D eigenvalue weighted by Gasteiger charge is 2.29. The zero-order chi connectivity index (χ0) is 14.1. The summed E-state index contributed by atoms with van der Waals surface area (Å²) in [6, 6.07) is 5.12. The number of nitro benzene ring substituents is 1. The minimum Gasteiger partial charge on any atom is -0.391 e. The molecule has 0 bridgehead atoms. The van der Waals surface area contributed by atoms with Crippen molar-refractivity contribution in [2.45, 2.75) is 32.3 Å². The number of aliphatic hydroxyl groups excluding tert-OH is 1. The van der Waals surface area contributed by atoms with E-state index in [0.29, 0.717) is 5.56 Å². The maximum Gasteiger partial charge on any atom is 0.275 e. The standard InChI is InChI=1S/C15H20N2O3/c18-10-13-7-14(5-6-15(13)17(19)20)16(8-11-1-2-11)9-12-3-4-12/h5-7,11-12,18H,1-4,8-10H2. The lowest BCUT2D eigenvalue weighted by molar-refractivity contribution is -0.385. The first-order valence-corrected chi connectivity index (χ1v) is 7.30. The molecule has 0 aliphatic heterocycles. The lowest BCUT2D eigenvalue weighted by Gasteiger charge is -2.25. The lowest BCUT2D eigenvalue weighted by Crippen LogP contribution is -2.28. The summed E-state index contributed by atoms with van der Waals surface area (Å²) in [6.45, 7) is 1.79. The molecule has 108 valence electrons. The summed E-state index contributed by atoms with van der Waals surface area (Å²) in [6.07, 6.45) is 5.17. The monoisotopic (exact) mass is 276 g/mol. The van der Waals surface area contributed by atoms with Gasteiger partial charge in [-0.2, -0.15) is 0 Å². The van der Waals surface area contributed by atoms with Gasteiger partial charge in [-0.25, -0.2) is 0 Å². The van der Waals surface area contributed by atoms with Gasteiger partial charge in [0.05, 0.1) is 17.1 Å². The molecule has 20 heavy (non-hydrogen) atoms. The molecule has 0 heterocycles. The van der Waals surface area contributed by atoms with Gasteiger partial charge in [0, 0.05) is 24.8 Å². The van der Waals surface area contributed by atoms with Gasteiger partial charge in [0.2, 0.25) is 0 Å². The van der Waals surface area contributed by atoms with Gasteiger partial charge in [-0.05, 0) is 49.7 Å². The molecule has 1 aromatic carbocycles. The van der Waals surface area contributed by atoms with E-state index in [0.717, 1.165) is 30.6 Å². The quantitative estimate of drug-likeness (QED) is 0.614. The Balaban J connectivity index is 1.82. The number of nitrogens with zero attached hydrogens (tertiary/aromatic N) is 2. The first-order chi connectivity index (χ1) is 9.67. The van der Waals surface area contributed by atoms with Crippen molar-refractivity contribution in [2.24, 2.45) is 11.8 Å². The second-order valence-corrected chi connectivity index (χ2v) is 6.02. The molecule has 2 fully saturated rings. The van der Waals surface area contributed by atoms with Crippen LogP contribution in [0.4, 0.5) is 11.4 Å². The minimum absolute atomic E-state index is 0.00837. The van der Waals surface area contributed by atoms with E-state index < -0.39 is 4.92 Å². The molecular formula is C15H20N2O3. The van der Waals surface area contributed by atoms with Crippen molar-refractivity contribution in [3.8, 4) is 0 Å². The minimum atomic E-state index is -0.429. The highest BCUT2D eigenvalue weighted by Crippen LogP contribution is 2.36. The van der Waals surface area contributed by atoms with Crippen molar-refractivity contribution in [2.75, 3.05) is 18.0 Å². The van der Waals surface area contributed by atoms with Crippen molar-refractivity contribution >= 4 is 11.4 Å². The first-order valence-electron chi connectivity index (χ1n) is 7.30. The SMILES string of the molecule is O=[N+]([O-])c1ccc(N(CC2CC2)CC2CC2)cc1CO. The Morgan fingerprint density at radius 1 is 1.20 bits per heavy atom. The summed E-state index contributed by atoms with van der Waals surface area (Å²) in [7, 11) is 0. The van der Waals surface area contributed by atoms with Crippen LogP contribution in [0.3, 0.4) is 0 Å². The van der Waals surface area contributed by atoms with Crippen LogP contribution in [0.1, 0.15) is 31.2 Å². The van der Waals surface area contributed by atoms with Crippen molar-refractivity contribution in [3.63, 3.8) is 0 Å². The molecule has 3 rings (SSSR count). The third kappa shape index (κ3) is 3.10. The molecule has 1 N–H and O–H groups in total. The van der Waals surface area contributed by atoms with Gasteiger partial charge in [-0.3, -0.25) is 10.1 Å². The van der Waals surface area contributed by atoms with E-state index in [1.165, 1.54) is 31.7 Å². The van der Waals surface area contributed by atoms with Crippen LogP contribution in [0, 0.1) is 22.0 Å². The molecule has 0 spiro atoms. The van der Waals surface area contributed by atoms with Crippen LogP contribution in [-0.4, -0.2) is 23.1 Å². The second-order valence-electron chi connectivity index (χ2n) is 6.02. The van der Waals surface area contributed by atoms with Crippen molar-refractivity contribution < 1.29 is 10.0 Å². The van der Waals surface area contributed by atoms with Gasteiger partial charge in [-0.1, -0.05) is 0 Å². The fourth-order valence-electron chi connectivity index (χ4n) is 2.58. The third-order valence-electron chi connectivity index (χ3n) is 4.15. The Morgan fingerprint density at radius 2 is 1.80 bits per heavy atom. The summed E-state index contributed by atoms with van der Waals surface area (Å²) >= 11 is 0. The molecule has 0 saturated heterocycles. The molecule has 0 amide bonds. The van der Waals surface area contributed by atoms with Gasteiger partial charge < -0.3 is 10.0 Å². The predicted molar refractivity (Wildman–Crippen MR) is 76.7 cm³/mol. The van der Waals surface area contributed by atoms with E-state index in [9.17, 15) is 15.2 Å². The van der Waals surface area contributed by atoms with Crippen molar-refractivity contribution in [1.82, 2.24) is 0 Å². The molecule has 0 atom stereocenters. The summed E-state index contributed by atoms with van der Waals surface area (Å²) in [5.41, 5.74) is 1.43. The predicted octanol–water partition coefficient (Wildman–Crippen LogP) is 2.71. The number of nitro groups is 1. The average Bonchev–Trinajstić information content (AvgIpc) is 3.32. The van der Waals surface area contributed by atoms with E-state index in [2.05, 4.69) is 4.90 Å². The number of hydrogen-bond acceptors (Lipinski definition) is 4. The maximum atomic E-state index is 10.9. The highest BCUT2D eigenvalue weighted by molar-refractivity contribution is 5.55. The van der Waals surface area contributed by atoms with Gasteiger partial charge in [0.25, 0.3) is 5.69 Å². The normalized spacial score (nSPS) is 18.1. The molecule has 5 nitrogen and oxygen atoms in total. The first kappa shape index (κ1) is 13.4. The van der Waals surface area contributed by atoms with E-state index in [1.807, 2.05) is 6.07 Å².